The molecule has 2 amide bonds. The molecule has 0 bridgehead atoms. The monoisotopic (exact) mass is 464 g/mol. The molecule has 1 aromatic heterocycles. The summed E-state index contributed by atoms with van der Waals surface area (Å²) in [4.78, 5) is 35.5. The maximum absolute atomic E-state index is 13.6. The largest absolute Gasteiger partial charge is 0.497 e. The van der Waals surface area contributed by atoms with Crippen molar-refractivity contribution in [3.8, 4) is 11.5 Å². The molecule has 1 aliphatic heterocycles. The number of urea groups is 1. The second kappa shape index (κ2) is 10.3. The number of hydrogen-bond acceptors (Lipinski definition) is 6. The first kappa shape index (κ1) is 23.2. The summed E-state index contributed by atoms with van der Waals surface area (Å²) in [6.07, 6.45) is 2.54. The highest BCUT2D eigenvalue weighted by Gasteiger charge is 2.37. The van der Waals surface area contributed by atoms with E-state index in [-0.39, 0.29) is 0 Å². The first-order chi connectivity index (χ1) is 16.5. The number of carbonyl (C=O) groups is 2. The summed E-state index contributed by atoms with van der Waals surface area (Å²) in [7, 11) is 4.48. The van der Waals surface area contributed by atoms with Crippen molar-refractivity contribution < 1.29 is 23.8 Å². The van der Waals surface area contributed by atoms with E-state index in [9.17, 15) is 9.59 Å². The zero-order chi connectivity index (χ0) is 24.1. The normalized spacial score (nSPS) is 15.7. The number of nitrogens with one attached hydrogen (secondary N) is 2. The van der Waals surface area contributed by atoms with Gasteiger partial charge in [0, 0.05) is 30.6 Å². The van der Waals surface area contributed by atoms with Crippen molar-refractivity contribution in [3.63, 3.8) is 0 Å². The third-order valence-corrected chi connectivity index (χ3v) is 5.98. The van der Waals surface area contributed by atoms with Gasteiger partial charge in [-0.15, -0.1) is 0 Å². The second-order valence-electron chi connectivity index (χ2n) is 7.94. The molecule has 1 unspecified atom stereocenters. The summed E-state index contributed by atoms with van der Waals surface area (Å²) < 4.78 is 16.0. The fraction of sp³-hybridized carbons (Fsp3) is 0.320. The SMILES string of the molecule is COC(=O)[C@H](Cc1ccccc1)NC(=O)N1CCc2[nH]cnc2C1c1cc(OC)ccc1OC. The molecule has 9 nitrogen and oxygen atoms in total. The number of carbonyl (C=O) groups excluding carboxylic acids is 2. The first-order valence-corrected chi connectivity index (χ1v) is 11.0. The Balaban J connectivity index is 1.67. The maximum Gasteiger partial charge on any atom is 0.328 e. The van der Waals surface area contributed by atoms with Crippen molar-refractivity contribution in [1.82, 2.24) is 20.2 Å². The molecule has 1 aliphatic rings. The summed E-state index contributed by atoms with van der Waals surface area (Å²) in [6.45, 7) is 0.422. The van der Waals surface area contributed by atoms with Crippen LogP contribution in [-0.2, 0) is 22.4 Å². The number of methoxy groups -OCH3 is 3. The molecular weight excluding hydrogens is 436 g/mol. The molecule has 0 saturated heterocycles. The number of H-pyrrole nitrogens is 1. The van der Waals surface area contributed by atoms with Crippen LogP contribution in [0.25, 0.3) is 0 Å². The lowest BCUT2D eigenvalue weighted by Crippen LogP contribution is -2.52. The van der Waals surface area contributed by atoms with Gasteiger partial charge in [-0.05, 0) is 23.8 Å². The van der Waals surface area contributed by atoms with Crippen molar-refractivity contribution in [2.45, 2.75) is 24.9 Å². The van der Waals surface area contributed by atoms with E-state index in [1.807, 2.05) is 36.4 Å². The lowest BCUT2D eigenvalue weighted by atomic mass is 9.94. The van der Waals surface area contributed by atoms with Crippen LogP contribution >= 0.6 is 0 Å². The summed E-state index contributed by atoms with van der Waals surface area (Å²) in [5, 5.41) is 2.88. The number of esters is 1. The average molecular weight is 465 g/mol. The zero-order valence-electron chi connectivity index (χ0n) is 19.4. The van der Waals surface area contributed by atoms with Crippen molar-refractivity contribution in [3.05, 3.63) is 77.4 Å². The number of hydrogen-bond donors (Lipinski definition) is 2. The Morgan fingerprint density at radius 1 is 1.15 bits per heavy atom. The quantitative estimate of drug-likeness (QED) is 0.521. The van der Waals surface area contributed by atoms with Gasteiger partial charge in [0.25, 0.3) is 0 Å². The van der Waals surface area contributed by atoms with Crippen molar-refractivity contribution in [2.24, 2.45) is 0 Å². The Hall–Kier alpha value is -4.01. The van der Waals surface area contributed by atoms with Crippen LogP contribution in [0.15, 0.2) is 54.9 Å². The standard InChI is InChI=1S/C25H28N4O5/c1-32-17-9-10-21(33-2)18(14-17)23-22-19(26-15-27-22)11-12-29(23)25(31)28-20(24(30)34-3)13-16-7-5-4-6-8-16/h4-10,14-15,20,23H,11-13H2,1-3H3,(H,26,27)(H,28,31)/t20-,23?/m0/s1. The Bertz CT molecular complexity index is 1150. The van der Waals surface area contributed by atoms with Gasteiger partial charge in [-0.1, -0.05) is 30.3 Å². The molecule has 34 heavy (non-hydrogen) atoms. The summed E-state index contributed by atoms with van der Waals surface area (Å²) in [5.74, 6) is 0.730. The van der Waals surface area contributed by atoms with Crippen LogP contribution in [0.2, 0.25) is 0 Å². The summed E-state index contributed by atoms with van der Waals surface area (Å²) in [5.41, 5.74) is 3.33. The van der Waals surface area contributed by atoms with E-state index in [0.717, 1.165) is 22.5 Å². The molecule has 2 heterocycles. The van der Waals surface area contributed by atoms with Gasteiger partial charge in [0.1, 0.15) is 23.6 Å². The smallest absolute Gasteiger partial charge is 0.328 e. The second-order valence-corrected chi connectivity index (χ2v) is 7.94. The predicted molar refractivity (Wildman–Crippen MR) is 125 cm³/mol. The molecule has 178 valence electrons. The van der Waals surface area contributed by atoms with Gasteiger partial charge in [-0.25, -0.2) is 14.6 Å². The van der Waals surface area contributed by atoms with Crippen LogP contribution in [-0.4, -0.2) is 60.8 Å². The minimum Gasteiger partial charge on any atom is -0.497 e. The van der Waals surface area contributed by atoms with E-state index < -0.39 is 24.1 Å². The number of fused-ring (bicyclic) bond motifs is 1. The number of benzene rings is 2. The van der Waals surface area contributed by atoms with Crippen LogP contribution in [0.4, 0.5) is 4.79 Å². The summed E-state index contributed by atoms with van der Waals surface area (Å²) in [6, 6.07) is 13.2. The Labute approximate surface area is 198 Å². The highest BCUT2D eigenvalue weighted by atomic mass is 16.5. The third kappa shape index (κ3) is 4.68. The van der Waals surface area contributed by atoms with Crippen molar-refractivity contribution in [2.75, 3.05) is 27.9 Å². The predicted octanol–water partition coefficient (Wildman–Crippen LogP) is 2.87. The Morgan fingerprint density at radius 2 is 1.94 bits per heavy atom. The molecule has 2 aromatic carbocycles. The molecule has 0 fully saturated rings. The van der Waals surface area contributed by atoms with Crippen LogP contribution in [0.1, 0.15) is 28.6 Å². The van der Waals surface area contributed by atoms with Crippen LogP contribution in [0.5, 0.6) is 11.5 Å². The van der Waals surface area contributed by atoms with E-state index in [1.54, 1.807) is 37.6 Å². The molecule has 9 heteroatoms. The van der Waals surface area contributed by atoms with Crippen LogP contribution in [0.3, 0.4) is 0 Å². The number of rotatable bonds is 7. The van der Waals surface area contributed by atoms with E-state index in [4.69, 9.17) is 14.2 Å². The van der Waals surface area contributed by atoms with Gasteiger partial charge in [-0.3, -0.25) is 0 Å². The highest BCUT2D eigenvalue weighted by Crippen LogP contribution is 2.39. The van der Waals surface area contributed by atoms with Gasteiger partial charge < -0.3 is 29.4 Å². The zero-order valence-corrected chi connectivity index (χ0v) is 19.4. The van der Waals surface area contributed by atoms with Gasteiger partial charge >= 0.3 is 12.0 Å². The molecule has 0 radical (unpaired) electrons. The van der Waals surface area contributed by atoms with Gasteiger partial charge in [-0.2, -0.15) is 0 Å². The van der Waals surface area contributed by atoms with E-state index in [2.05, 4.69) is 15.3 Å². The fourth-order valence-corrected chi connectivity index (χ4v) is 4.28. The Kier molecular flexibility index (Phi) is 7.01. The minimum absolute atomic E-state index is 0.313. The van der Waals surface area contributed by atoms with E-state index in [0.29, 0.717) is 30.9 Å². The number of amides is 2. The lowest BCUT2D eigenvalue weighted by Gasteiger charge is -2.36. The third-order valence-electron chi connectivity index (χ3n) is 5.98. The topological polar surface area (TPSA) is 106 Å². The molecule has 2 N–H and O–H groups in total. The maximum atomic E-state index is 13.6. The van der Waals surface area contributed by atoms with Crippen LogP contribution in [0, 0.1) is 0 Å². The van der Waals surface area contributed by atoms with E-state index in [1.165, 1.54) is 7.11 Å². The molecule has 3 aromatic rings. The number of nitrogens with zero attached hydrogens (tertiary/aromatic N) is 2. The van der Waals surface area contributed by atoms with Gasteiger partial charge in [0.2, 0.25) is 0 Å². The van der Waals surface area contributed by atoms with Crippen LogP contribution < -0.4 is 14.8 Å². The molecule has 0 saturated carbocycles. The lowest BCUT2D eigenvalue weighted by molar-refractivity contribution is -0.142. The minimum atomic E-state index is -0.840. The molecule has 0 spiro atoms. The first-order valence-electron chi connectivity index (χ1n) is 11.0. The summed E-state index contributed by atoms with van der Waals surface area (Å²) >= 11 is 0. The fourth-order valence-electron chi connectivity index (χ4n) is 4.28. The number of ether oxygens (including phenoxy) is 3. The number of aromatic nitrogens is 2. The molecule has 4 rings (SSSR count). The Morgan fingerprint density at radius 3 is 2.65 bits per heavy atom. The molecule has 0 aliphatic carbocycles. The average Bonchev–Trinajstić information content (AvgIpc) is 3.36. The number of aromatic amines is 1. The molecular formula is C25H28N4O5. The number of imidazole rings is 1. The van der Waals surface area contributed by atoms with Gasteiger partial charge in [0.15, 0.2) is 0 Å². The van der Waals surface area contributed by atoms with E-state index >= 15 is 0 Å². The van der Waals surface area contributed by atoms with Gasteiger partial charge in [0.05, 0.1) is 33.4 Å². The molecule has 2 atom stereocenters. The van der Waals surface area contributed by atoms with Crippen molar-refractivity contribution in [1.29, 1.82) is 0 Å². The van der Waals surface area contributed by atoms with Crippen molar-refractivity contribution >= 4 is 12.0 Å². The highest BCUT2D eigenvalue weighted by molar-refractivity contribution is 5.84.